The molecule has 1 heterocycles. The first-order chi connectivity index (χ1) is 15.1. The highest BCUT2D eigenvalue weighted by molar-refractivity contribution is 7.99. The molecular formula is C23H18ClN3O3S. The lowest BCUT2D eigenvalue weighted by Gasteiger charge is -2.14. The highest BCUT2D eigenvalue weighted by atomic mass is 35.5. The van der Waals surface area contributed by atoms with Crippen LogP contribution in [0.25, 0.3) is 16.6 Å². The number of amides is 1. The number of nitrogens with zero attached hydrogens (tertiary/aromatic N) is 2. The zero-order valence-corrected chi connectivity index (χ0v) is 18.1. The van der Waals surface area contributed by atoms with E-state index in [2.05, 4.69) is 10.3 Å². The van der Waals surface area contributed by atoms with Crippen LogP contribution in [0.2, 0.25) is 5.02 Å². The summed E-state index contributed by atoms with van der Waals surface area (Å²) in [4.78, 5) is 30.4. The van der Waals surface area contributed by atoms with Crippen LogP contribution in [0.1, 0.15) is 0 Å². The molecule has 0 saturated heterocycles. The number of methoxy groups -OCH3 is 1. The van der Waals surface area contributed by atoms with Gasteiger partial charge in [-0.2, -0.15) is 0 Å². The average Bonchev–Trinajstić information content (AvgIpc) is 2.78. The van der Waals surface area contributed by atoms with E-state index in [1.807, 2.05) is 36.4 Å². The van der Waals surface area contributed by atoms with Crippen LogP contribution >= 0.6 is 23.4 Å². The zero-order valence-electron chi connectivity index (χ0n) is 16.5. The third-order valence-electron chi connectivity index (χ3n) is 4.53. The first-order valence-corrected chi connectivity index (χ1v) is 10.8. The molecule has 1 amide bonds. The van der Waals surface area contributed by atoms with Crippen LogP contribution in [0.4, 0.5) is 5.69 Å². The fourth-order valence-electron chi connectivity index (χ4n) is 3.11. The molecule has 156 valence electrons. The van der Waals surface area contributed by atoms with E-state index in [0.29, 0.717) is 38.2 Å². The molecule has 0 atom stereocenters. The van der Waals surface area contributed by atoms with Crippen molar-refractivity contribution in [1.29, 1.82) is 0 Å². The Morgan fingerprint density at radius 3 is 2.61 bits per heavy atom. The number of hydrogen-bond acceptors (Lipinski definition) is 5. The summed E-state index contributed by atoms with van der Waals surface area (Å²) < 4.78 is 6.79. The van der Waals surface area contributed by atoms with Crippen molar-refractivity contribution in [3.63, 3.8) is 0 Å². The van der Waals surface area contributed by atoms with Crippen molar-refractivity contribution in [2.45, 2.75) is 5.16 Å². The molecule has 1 N–H and O–H groups in total. The Labute approximate surface area is 187 Å². The lowest BCUT2D eigenvalue weighted by Crippen LogP contribution is -2.23. The maximum atomic E-state index is 13.2. The molecule has 4 aromatic rings. The van der Waals surface area contributed by atoms with Crippen molar-refractivity contribution in [2.24, 2.45) is 0 Å². The summed E-state index contributed by atoms with van der Waals surface area (Å²) in [6.07, 6.45) is 0. The van der Waals surface area contributed by atoms with E-state index in [1.54, 1.807) is 36.4 Å². The predicted octanol–water partition coefficient (Wildman–Crippen LogP) is 4.78. The topological polar surface area (TPSA) is 73.2 Å². The van der Waals surface area contributed by atoms with E-state index in [-0.39, 0.29) is 17.2 Å². The summed E-state index contributed by atoms with van der Waals surface area (Å²) >= 11 is 7.21. The van der Waals surface area contributed by atoms with E-state index >= 15 is 0 Å². The van der Waals surface area contributed by atoms with Crippen LogP contribution in [-0.2, 0) is 4.79 Å². The minimum atomic E-state index is -0.271. The number of halogens is 1. The molecule has 8 heteroatoms. The predicted molar refractivity (Wildman–Crippen MR) is 125 cm³/mol. The van der Waals surface area contributed by atoms with Crippen molar-refractivity contribution < 1.29 is 9.53 Å². The third kappa shape index (κ3) is 4.57. The van der Waals surface area contributed by atoms with Crippen LogP contribution in [0.15, 0.2) is 82.7 Å². The number of thioether (sulfide) groups is 1. The Morgan fingerprint density at radius 1 is 1.10 bits per heavy atom. The number of ether oxygens (including phenoxy) is 1. The van der Waals surface area contributed by atoms with E-state index in [0.717, 1.165) is 0 Å². The highest BCUT2D eigenvalue weighted by Gasteiger charge is 2.15. The SMILES string of the molecule is COc1ccc(Cl)cc1NC(=O)CSc1nc2ccccc2c(=O)n1-c1ccccc1. The molecule has 0 bridgehead atoms. The van der Waals surface area contributed by atoms with Crippen LogP contribution in [-0.4, -0.2) is 28.3 Å². The minimum absolute atomic E-state index is 0.0489. The quantitative estimate of drug-likeness (QED) is 0.337. The number of carbonyl (C=O) groups excluding carboxylic acids is 1. The second-order valence-electron chi connectivity index (χ2n) is 6.57. The van der Waals surface area contributed by atoms with Gasteiger partial charge in [-0.1, -0.05) is 53.7 Å². The molecule has 0 spiro atoms. The summed E-state index contributed by atoms with van der Waals surface area (Å²) in [5.41, 5.74) is 1.56. The van der Waals surface area contributed by atoms with Gasteiger partial charge in [0, 0.05) is 5.02 Å². The van der Waals surface area contributed by atoms with E-state index in [4.69, 9.17) is 16.3 Å². The Bertz CT molecular complexity index is 1310. The summed E-state index contributed by atoms with van der Waals surface area (Å²) in [5.74, 6) is 0.285. The molecule has 0 unspecified atom stereocenters. The molecule has 4 rings (SSSR count). The van der Waals surface area contributed by atoms with Crippen LogP contribution in [0.3, 0.4) is 0 Å². The first kappa shape index (κ1) is 21.0. The van der Waals surface area contributed by atoms with Gasteiger partial charge >= 0.3 is 0 Å². The minimum Gasteiger partial charge on any atom is -0.495 e. The van der Waals surface area contributed by atoms with Gasteiger partial charge in [0.1, 0.15) is 5.75 Å². The van der Waals surface area contributed by atoms with Crippen molar-refractivity contribution in [1.82, 2.24) is 9.55 Å². The maximum absolute atomic E-state index is 13.2. The smallest absolute Gasteiger partial charge is 0.266 e. The van der Waals surface area contributed by atoms with Gasteiger partial charge in [-0.25, -0.2) is 4.98 Å². The molecule has 0 radical (unpaired) electrons. The normalized spacial score (nSPS) is 10.8. The largest absolute Gasteiger partial charge is 0.495 e. The second-order valence-corrected chi connectivity index (χ2v) is 7.95. The molecule has 3 aromatic carbocycles. The number of para-hydroxylation sites is 2. The average molecular weight is 452 g/mol. The number of anilines is 1. The van der Waals surface area contributed by atoms with Crippen molar-refractivity contribution in [3.05, 3.63) is 88.2 Å². The molecule has 0 aliphatic carbocycles. The number of aromatic nitrogens is 2. The lowest BCUT2D eigenvalue weighted by molar-refractivity contribution is -0.113. The second kappa shape index (κ2) is 9.24. The van der Waals surface area contributed by atoms with Crippen molar-refractivity contribution in [2.75, 3.05) is 18.2 Å². The molecule has 0 aliphatic heterocycles. The standard InChI is InChI=1S/C23H18ClN3O3S/c1-30-20-12-11-15(24)13-19(20)25-21(28)14-31-23-26-18-10-6-5-9-17(18)22(29)27(23)16-7-3-2-4-8-16/h2-13H,14H2,1H3,(H,25,28). The summed E-state index contributed by atoms with van der Waals surface area (Å²) in [6, 6.07) is 21.4. The van der Waals surface area contributed by atoms with Crippen molar-refractivity contribution in [3.8, 4) is 11.4 Å². The van der Waals surface area contributed by atoms with E-state index in [9.17, 15) is 9.59 Å². The Balaban J connectivity index is 1.65. The van der Waals surface area contributed by atoms with Crippen LogP contribution in [0, 0.1) is 0 Å². The fourth-order valence-corrected chi connectivity index (χ4v) is 4.09. The summed E-state index contributed by atoms with van der Waals surface area (Å²) in [5, 5.41) is 4.23. The fraction of sp³-hybridized carbons (Fsp3) is 0.0870. The highest BCUT2D eigenvalue weighted by Crippen LogP contribution is 2.28. The van der Waals surface area contributed by atoms with Gasteiger partial charge < -0.3 is 10.1 Å². The van der Waals surface area contributed by atoms with Crippen LogP contribution < -0.4 is 15.6 Å². The van der Waals surface area contributed by atoms with E-state index in [1.165, 1.54) is 23.4 Å². The molecule has 6 nitrogen and oxygen atoms in total. The Morgan fingerprint density at radius 2 is 1.84 bits per heavy atom. The Hall–Kier alpha value is -3.29. The molecule has 0 saturated carbocycles. The lowest BCUT2D eigenvalue weighted by atomic mass is 10.2. The molecule has 31 heavy (non-hydrogen) atoms. The molecular weight excluding hydrogens is 434 g/mol. The number of nitrogens with one attached hydrogen (secondary N) is 1. The Kier molecular flexibility index (Phi) is 6.25. The molecule has 0 fully saturated rings. The molecule has 0 aliphatic rings. The van der Waals surface area contributed by atoms with Crippen LogP contribution in [0.5, 0.6) is 5.75 Å². The number of rotatable bonds is 6. The number of fused-ring (bicyclic) bond motifs is 1. The van der Waals surface area contributed by atoms with Gasteiger partial charge in [-0.3, -0.25) is 14.2 Å². The van der Waals surface area contributed by atoms with Gasteiger partial charge in [0.15, 0.2) is 5.16 Å². The maximum Gasteiger partial charge on any atom is 0.266 e. The van der Waals surface area contributed by atoms with E-state index < -0.39 is 0 Å². The molecule has 1 aromatic heterocycles. The zero-order chi connectivity index (χ0) is 21.8. The monoisotopic (exact) mass is 451 g/mol. The number of benzene rings is 3. The third-order valence-corrected chi connectivity index (χ3v) is 5.70. The van der Waals surface area contributed by atoms with Crippen molar-refractivity contribution >= 4 is 45.9 Å². The first-order valence-electron chi connectivity index (χ1n) is 9.40. The van der Waals surface area contributed by atoms with Gasteiger partial charge in [-0.15, -0.1) is 0 Å². The number of carbonyl (C=O) groups is 1. The summed E-state index contributed by atoms with van der Waals surface area (Å²) in [7, 11) is 1.52. The number of hydrogen-bond donors (Lipinski definition) is 1. The summed E-state index contributed by atoms with van der Waals surface area (Å²) in [6.45, 7) is 0. The van der Waals surface area contributed by atoms with Gasteiger partial charge in [0.2, 0.25) is 5.91 Å². The van der Waals surface area contributed by atoms with Gasteiger partial charge in [0.25, 0.3) is 5.56 Å². The van der Waals surface area contributed by atoms with Gasteiger partial charge in [0.05, 0.1) is 35.1 Å². The van der Waals surface area contributed by atoms with Gasteiger partial charge in [-0.05, 0) is 42.5 Å².